The van der Waals surface area contributed by atoms with Gasteiger partial charge in [0.2, 0.25) is 17.7 Å². The average Bonchev–Trinajstić information content (AvgIpc) is 2.61. The van der Waals surface area contributed by atoms with Crippen LogP contribution in [0.15, 0.2) is 24.3 Å². The van der Waals surface area contributed by atoms with Crippen LogP contribution in [0.5, 0.6) is 0 Å². The Hall–Kier alpha value is -2.45. The number of morpholine rings is 1. The van der Waals surface area contributed by atoms with E-state index in [1.807, 2.05) is 25.7 Å². The fourth-order valence-corrected chi connectivity index (χ4v) is 3.20. The highest BCUT2D eigenvalue weighted by Crippen LogP contribution is 2.14. The Kier molecular flexibility index (Phi) is 7.95. The first-order valence-electron chi connectivity index (χ1n) is 9.60. The lowest BCUT2D eigenvalue weighted by Crippen LogP contribution is -2.51. The van der Waals surface area contributed by atoms with E-state index in [0.717, 1.165) is 0 Å². The van der Waals surface area contributed by atoms with Crippen LogP contribution in [0.1, 0.15) is 27.7 Å². The maximum atomic E-state index is 12.6. The molecule has 0 radical (unpaired) electrons. The van der Waals surface area contributed by atoms with Crippen molar-refractivity contribution in [2.24, 2.45) is 0 Å². The molecule has 1 aliphatic rings. The third kappa shape index (κ3) is 6.94. The minimum Gasteiger partial charge on any atom is -0.372 e. The first-order chi connectivity index (χ1) is 13.3. The first-order valence-corrected chi connectivity index (χ1v) is 9.60. The fourth-order valence-electron chi connectivity index (χ4n) is 3.20. The summed E-state index contributed by atoms with van der Waals surface area (Å²) < 4.78 is 5.66. The minimum absolute atomic E-state index is 0.0105. The first kappa shape index (κ1) is 21.8. The number of nitrogens with one attached hydrogen (secondary N) is 2. The van der Waals surface area contributed by atoms with E-state index in [-0.39, 0.29) is 43.0 Å². The van der Waals surface area contributed by atoms with Crippen molar-refractivity contribution in [1.82, 2.24) is 9.80 Å². The molecule has 0 bridgehead atoms. The standard InChI is InChI=1S/C20H30N4O4/c1-5-23(13-20(27)24-10-14(2)28-15(3)11-24)12-19(26)22-18-8-6-17(7-9-18)21-16(4)25/h6-9,14-15H,5,10-13H2,1-4H3,(H,21,25)(H,22,26)/t14-,15-/m1/s1. The summed E-state index contributed by atoms with van der Waals surface area (Å²) in [6.45, 7) is 9.35. The zero-order chi connectivity index (χ0) is 20.7. The lowest BCUT2D eigenvalue weighted by atomic mass is 10.2. The summed E-state index contributed by atoms with van der Waals surface area (Å²) in [6, 6.07) is 6.89. The number of benzene rings is 1. The third-order valence-corrected chi connectivity index (χ3v) is 4.43. The third-order valence-electron chi connectivity index (χ3n) is 4.43. The van der Waals surface area contributed by atoms with Crippen molar-refractivity contribution in [3.63, 3.8) is 0 Å². The molecule has 1 heterocycles. The van der Waals surface area contributed by atoms with Crippen LogP contribution < -0.4 is 10.6 Å². The summed E-state index contributed by atoms with van der Waals surface area (Å²) in [5.41, 5.74) is 1.30. The van der Waals surface area contributed by atoms with Gasteiger partial charge in [-0.2, -0.15) is 0 Å². The molecule has 28 heavy (non-hydrogen) atoms. The predicted octanol–water partition coefficient (Wildman–Crippen LogP) is 1.54. The highest BCUT2D eigenvalue weighted by atomic mass is 16.5. The van der Waals surface area contributed by atoms with E-state index in [2.05, 4.69) is 10.6 Å². The largest absolute Gasteiger partial charge is 0.372 e. The Morgan fingerprint density at radius 1 is 1.04 bits per heavy atom. The number of hydrogen-bond donors (Lipinski definition) is 2. The van der Waals surface area contributed by atoms with Gasteiger partial charge in [-0.1, -0.05) is 6.92 Å². The summed E-state index contributed by atoms with van der Waals surface area (Å²) in [4.78, 5) is 39.6. The van der Waals surface area contributed by atoms with Gasteiger partial charge in [-0.3, -0.25) is 19.3 Å². The Balaban J connectivity index is 1.85. The van der Waals surface area contributed by atoms with Crippen molar-refractivity contribution in [2.45, 2.75) is 39.9 Å². The molecule has 0 aliphatic carbocycles. The zero-order valence-electron chi connectivity index (χ0n) is 17.0. The summed E-state index contributed by atoms with van der Waals surface area (Å²) in [6.07, 6.45) is 0.0399. The van der Waals surface area contributed by atoms with Gasteiger partial charge in [0.25, 0.3) is 0 Å². The molecule has 1 saturated heterocycles. The maximum Gasteiger partial charge on any atom is 0.238 e. The molecule has 3 amide bonds. The van der Waals surface area contributed by atoms with Crippen LogP contribution in [0.2, 0.25) is 0 Å². The Morgan fingerprint density at radius 2 is 1.57 bits per heavy atom. The molecule has 1 aromatic rings. The summed E-state index contributed by atoms with van der Waals surface area (Å²) in [5, 5.41) is 5.49. The van der Waals surface area contributed by atoms with Gasteiger partial charge in [-0.25, -0.2) is 0 Å². The molecule has 0 aromatic heterocycles. The van der Waals surface area contributed by atoms with Crippen molar-refractivity contribution in [1.29, 1.82) is 0 Å². The number of nitrogens with zero attached hydrogens (tertiary/aromatic N) is 2. The van der Waals surface area contributed by atoms with Crippen LogP contribution in [-0.4, -0.2) is 72.5 Å². The van der Waals surface area contributed by atoms with Gasteiger partial charge in [0.15, 0.2) is 0 Å². The number of hydrogen-bond acceptors (Lipinski definition) is 5. The van der Waals surface area contributed by atoms with Crippen LogP contribution in [0.3, 0.4) is 0 Å². The quantitative estimate of drug-likeness (QED) is 0.737. The number of carbonyl (C=O) groups is 3. The molecule has 1 fully saturated rings. The number of carbonyl (C=O) groups excluding carboxylic acids is 3. The van der Waals surface area contributed by atoms with Gasteiger partial charge >= 0.3 is 0 Å². The van der Waals surface area contributed by atoms with Gasteiger partial charge in [0.05, 0.1) is 25.3 Å². The molecule has 0 unspecified atom stereocenters. The zero-order valence-corrected chi connectivity index (χ0v) is 17.0. The fraction of sp³-hybridized carbons (Fsp3) is 0.550. The second kappa shape index (κ2) is 10.2. The van der Waals surface area contributed by atoms with Gasteiger partial charge in [0.1, 0.15) is 0 Å². The molecule has 8 nitrogen and oxygen atoms in total. The molecule has 0 saturated carbocycles. The highest BCUT2D eigenvalue weighted by molar-refractivity contribution is 5.93. The van der Waals surface area contributed by atoms with Crippen molar-refractivity contribution >= 4 is 29.1 Å². The van der Waals surface area contributed by atoms with E-state index in [1.54, 1.807) is 29.2 Å². The van der Waals surface area contributed by atoms with Crippen molar-refractivity contribution in [3.8, 4) is 0 Å². The van der Waals surface area contributed by atoms with E-state index in [1.165, 1.54) is 6.92 Å². The lowest BCUT2D eigenvalue weighted by Gasteiger charge is -2.36. The molecule has 0 spiro atoms. The van der Waals surface area contributed by atoms with Gasteiger partial charge in [0, 0.05) is 31.4 Å². The minimum atomic E-state index is -0.189. The molecular weight excluding hydrogens is 360 g/mol. The van der Waals surface area contributed by atoms with Gasteiger partial charge in [-0.05, 0) is 44.7 Å². The summed E-state index contributed by atoms with van der Waals surface area (Å²) in [7, 11) is 0. The van der Waals surface area contributed by atoms with Gasteiger partial charge < -0.3 is 20.3 Å². The Morgan fingerprint density at radius 3 is 2.07 bits per heavy atom. The molecule has 2 rings (SSSR count). The number of anilines is 2. The second-order valence-corrected chi connectivity index (χ2v) is 7.17. The predicted molar refractivity (Wildman–Crippen MR) is 108 cm³/mol. The topological polar surface area (TPSA) is 91.0 Å². The number of likely N-dealkylation sites (N-methyl/N-ethyl adjacent to an activating group) is 1. The molecule has 2 atom stereocenters. The number of amides is 3. The average molecular weight is 390 g/mol. The normalized spacial score (nSPS) is 19.4. The van der Waals surface area contributed by atoms with Crippen LogP contribution in [-0.2, 0) is 19.1 Å². The van der Waals surface area contributed by atoms with Crippen LogP contribution >= 0.6 is 0 Å². The van der Waals surface area contributed by atoms with E-state index in [4.69, 9.17) is 4.74 Å². The van der Waals surface area contributed by atoms with Crippen LogP contribution in [0.25, 0.3) is 0 Å². The lowest BCUT2D eigenvalue weighted by molar-refractivity contribution is -0.144. The second-order valence-electron chi connectivity index (χ2n) is 7.17. The van der Waals surface area contributed by atoms with E-state index in [9.17, 15) is 14.4 Å². The van der Waals surface area contributed by atoms with E-state index in [0.29, 0.717) is 31.0 Å². The van der Waals surface area contributed by atoms with E-state index >= 15 is 0 Å². The molecule has 1 aromatic carbocycles. The molecule has 1 aliphatic heterocycles. The number of ether oxygens (including phenoxy) is 1. The van der Waals surface area contributed by atoms with Crippen molar-refractivity contribution in [2.75, 3.05) is 43.4 Å². The Labute approximate surface area is 166 Å². The van der Waals surface area contributed by atoms with Crippen LogP contribution in [0.4, 0.5) is 11.4 Å². The summed E-state index contributed by atoms with van der Waals surface area (Å²) in [5.74, 6) is -0.328. The molecule has 8 heteroatoms. The van der Waals surface area contributed by atoms with Gasteiger partial charge in [-0.15, -0.1) is 0 Å². The molecule has 154 valence electrons. The number of rotatable bonds is 7. The van der Waals surface area contributed by atoms with Crippen molar-refractivity contribution in [3.05, 3.63) is 24.3 Å². The van der Waals surface area contributed by atoms with E-state index < -0.39 is 0 Å². The maximum absolute atomic E-state index is 12.6. The SMILES string of the molecule is CCN(CC(=O)Nc1ccc(NC(C)=O)cc1)CC(=O)N1C[C@@H](C)O[C@H](C)C1. The highest BCUT2D eigenvalue weighted by Gasteiger charge is 2.27. The monoisotopic (exact) mass is 390 g/mol. The smallest absolute Gasteiger partial charge is 0.238 e. The van der Waals surface area contributed by atoms with Crippen LogP contribution in [0, 0.1) is 0 Å². The Bertz CT molecular complexity index is 682. The molecule has 2 N–H and O–H groups in total. The summed E-state index contributed by atoms with van der Waals surface area (Å²) >= 11 is 0. The molecular formula is C20H30N4O4. The van der Waals surface area contributed by atoms with Crippen molar-refractivity contribution < 1.29 is 19.1 Å².